The molecule has 0 spiro atoms. The molecule has 138 valence electrons. The van der Waals surface area contributed by atoms with Crippen LogP contribution in [-0.4, -0.2) is 39.0 Å². The Bertz CT molecular complexity index is 1180. The van der Waals surface area contributed by atoms with Gasteiger partial charge in [0.1, 0.15) is 0 Å². The SMILES string of the molecule is CN(C)c1cccc2c(S(=O)(=O)NCC#Cc3cnc(=O)[nH]c3)cccc12. The van der Waals surface area contributed by atoms with E-state index in [1.807, 2.05) is 37.2 Å². The van der Waals surface area contributed by atoms with Gasteiger partial charge in [0.15, 0.2) is 0 Å². The van der Waals surface area contributed by atoms with Crippen molar-refractivity contribution in [1.29, 1.82) is 0 Å². The molecule has 0 aliphatic rings. The molecule has 8 heteroatoms. The monoisotopic (exact) mass is 382 g/mol. The van der Waals surface area contributed by atoms with Crippen molar-refractivity contribution in [3.8, 4) is 11.8 Å². The number of fused-ring (bicyclic) bond motifs is 1. The number of benzene rings is 2. The Morgan fingerprint density at radius 2 is 1.89 bits per heavy atom. The van der Waals surface area contributed by atoms with Crippen molar-refractivity contribution in [2.24, 2.45) is 0 Å². The van der Waals surface area contributed by atoms with E-state index in [1.54, 1.807) is 18.2 Å². The van der Waals surface area contributed by atoms with E-state index in [2.05, 4.69) is 26.5 Å². The molecule has 2 aromatic carbocycles. The normalized spacial score (nSPS) is 11.0. The van der Waals surface area contributed by atoms with Gasteiger partial charge in [-0.3, -0.25) is 0 Å². The van der Waals surface area contributed by atoms with E-state index >= 15 is 0 Å². The molecule has 3 aromatic rings. The van der Waals surface area contributed by atoms with E-state index in [0.717, 1.165) is 11.1 Å². The van der Waals surface area contributed by atoms with Crippen LogP contribution in [0.3, 0.4) is 0 Å². The van der Waals surface area contributed by atoms with Crippen LogP contribution in [0.25, 0.3) is 10.8 Å². The smallest absolute Gasteiger partial charge is 0.344 e. The summed E-state index contributed by atoms with van der Waals surface area (Å²) in [5, 5.41) is 1.50. The zero-order valence-corrected chi connectivity index (χ0v) is 15.7. The molecule has 0 atom stereocenters. The number of hydrogen-bond acceptors (Lipinski definition) is 5. The summed E-state index contributed by atoms with van der Waals surface area (Å²) in [4.78, 5) is 19.0. The van der Waals surface area contributed by atoms with Crippen LogP contribution in [0.15, 0.2) is 58.5 Å². The Hall–Kier alpha value is -3.15. The number of rotatable bonds is 4. The lowest BCUT2D eigenvalue weighted by Gasteiger charge is -2.16. The lowest BCUT2D eigenvalue weighted by molar-refractivity contribution is 0.587. The quantitative estimate of drug-likeness (QED) is 0.664. The van der Waals surface area contributed by atoms with Gasteiger partial charge in [-0.15, -0.1) is 0 Å². The fraction of sp³-hybridized carbons (Fsp3) is 0.158. The van der Waals surface area contributed by atoms with Crippen LogP contribution in [0.2, 0.25) is 0 Å². The molecule has 0 saturated carbocycles. The zero-order valence-electron chi connectivity index (χ0n) is 14.9. The summed E-state index contributed by atoms with van der Waals surface area (Å²) in [7, 11) is 0.0894. The topological polar surface area (TPSA) is 95.2 Å². The lowest BCUT2D eigenvalue weighted by Crippen LogP contribution is -2.24. The maximum absolute atomic E-state index is 12.7. The third kappa shape index (κ3) is 4.16. The van der Waals surface area contributed by atoms with Crippen LogP contribution >= 0.6 is 0 Å². The molecule has 27 heavy (non-hydrogen) atoms. The van der Waals surface area contributed by atoms with Crippen molar-refractivity contribution in [1.82, 2.24) is 14.7 Å². The fourth-order valence-corrected chi connectivity index (χ4v) is 3.80. The van der Waals surface area contributed by atoms with Gasteiger partial charge in [0, 0.05) is 42.9 Å². The molecule has 7 nitrogen and oxygen atoms in total. The molecule has 0 amide bonds. The predicted octanol–water partition coefficient (Wildman–Crippen LogP) is 1.32. The van der Waals surface area contributed by atoms with E-state index in [-0.39, 0.29) is 11.4 Å². The molecule has 1 aromatic heterocycles. The van der Waals surface area contributed by atoms with E-state index in [1.165, 1.54) is 12.4 Å². The van der Waals surface area contributed by atoms with Crippen molar-refractivity contribution in [2.75, 3.05) is 25.5 Å². The number of sulfonamides is 1. The molecule has 0 bridgehead atoms. The number of aromatic amines is 1. The molecule has 0 aliphatic carbocycles. The highest BCUT2D eigenvalue weighted by molar-refractivity contribution is 7.89. The van der Waals surface area contributed by atoms with Crippen molar-refractivity contribution in [2.45, 2.75) is 4.90 Å². The summed E-state index contributed by atoms with van der Waals surface area (Å²) in [6.07, 6.45) is 2.75. The summed E-state index contributed by atoms with van der Waals surface area (Å²) in [5.41, 5.74) is 0.971. The van der Waals surface area contributed by atoms with Gasteiger partial charge in [-0.05, 0) is 12.1 Å². The predicted molar refractivity (Wildman–Crippen MR) is 105 cm³/mol. The molecular weight excluding hydrogens is 364 g/mol. The van der Waals surface area contributed by atoms with Gasteiger partial charge in [0.2, 0.25) is 10.0 Å². The number of hydrogen-bond donors (Lipinski definition) is 2. The summed E-state index contributed by atoms with van der Waals surface area (Å²) in [5.74, 6) is 5.46. The standard InChI is InChI=1S/C19H18N4O3S/c1-23(2)17-9-3-8-16-15(17)7-4-10-18(16)27(25,26)22-11-5-6-14-12-20-19(24)21-13-14/h3-4,7-10,12-13,22H,11H2,1-2H3,(H,20,21,24). The highest BCUT2D eigenvalue weighted by Gasteiger charge is 2.17. The first-order valence-corrected chi connectivity index (χ1v) is 9.59. The minimum absolute atomic E-state index is 0.0643. The first-order chi connectivity index (χ1) is 12.9. The Morgan fingerprint density at radius 3 is 2.59 bits per heavy atom. The van der Waals surface area contributed by atoms with Crippen LogP contribution in [0.5, 0.6) is 0 Å². The van der Waals surface area contributed by atoms with Gasteiger partial charge in [-0.25, -0.2) is 18.2 Å². The van der Waals surface area contributed by atoms with E-state index < -0.39 is 15.7 Å². The fourth-order valence-electron chi connectivity index (χ4n) is 2.65. The second-order valence-corrected chi connectivity index (χ2v) is 7.69. The molecule has 2 N–H and O–H groups in total. The van der Waals surface area contributed by atoms with Gasteiger partial charge < -0.3 is 9.88 Å². The van der Waals surface area contributed by atoms with Crippen LogP contribution in [-0.2, 0) is 10.0 Å². The Labute approximate surface area is 157 Å². The molecule has 0 fully saturated rings. The molecule has 3 rings (SSSR count). The van der Waals surface area contributed by atoms with Crippen molar-refractivity contribution >= 4 is 26.5 Å². The van der Waals surface area contributed by atoms with Crippen LogP contribution < -0.4 is 15.3 Å². The number of H-pyrrole nitrogens is 1. The van der Waals surface area contributed by atoms with Crippen LogP contribution in [0.4, 0.5) is 5.69 Å². The Balaban J connectivity index is 1.86. The summed E-state index contributed by atoms with van der Waals surface area (Å²) >= 11 is 0. The first kappa shape index (κ1) is 18.6. The number of nitrogens with one attached hydrogen (secondary N) is 2. The summed E-state index contributed by atoms with van der Waals surface area (Å²) in [6, 6.07) is 10.8. The number of aromatic nitrogens is 2. The van der Waals surface area contributed by atoms with Crippen LogP contribution in [0.1, 0.15) is 5.56 Å². The van der Waals surface area contributed by atoms with Crippen molar-refractivity contribution in [3.05, 3.63) is 64.8 Å². The zero-order chi connectivity index (χ0) is 19.4. The van der Waals surface area contributed by atoms with Gasteiger partial charge in [0.25, 0.3) is 0 Å². The average Bonchev–Trinajstić information content (AvgIpc) is 2.65. The minimum Gasteiger partial charge on any atom is -0.377 e. The molecule has 0 unspecified atom stereocenters. The molecule has 0 radical (unpaired) electrons. The van der Waals surface area contributed by atoms with Crippen LogP contribution in [0, 0.1) is 11.8 Å². The largest absolute Gasteiger partial charge is 0.377 e. The Morgan fingerprint density at radius 1 is 1.15 bits per heavy atom. The lowest BCUT2D eigenvalue weighted by atomic mass is 10.1. The number of anilines is 1. The van der Waals surface area contributed by atoms with Crippen molar-refractivity contribution < 1.29 is 8.42 Å². The molecule has 1 heterocycles. The molecular formula is C19H18N4O3S. The third-order valence-electron chi connectivity index (χ3n) is 3.89. The second-order valence-electron chi connectivity index (χ2n) is 5.96. The van der Waals surface area contributed by atoms with Crippen molar-refractivity contribution in [3.63, 3.8) is 0 Å². The maximum Gasteiger partial charge on any atom is 0.344 e. The number of nitrogens with zero attached hydrogens (tertiary/aromatic N) is 2. The highest BCUT2D eigenvalue weighted by atomic mass is 32.2. The maximum atomic E-state index is 12.7. The van der Waals surface area contributed by atoms with Gasteiger partial charge in [-0.1, -0.05) is 36.1 Å². The minimum atomic E-state index is -3.73. The van der Waals surface area contributed by atoms with E-state index in [9.17, 15) is 13.2 Å². The third-order valence-corrected chi connectivity index (χ3v) is 5.35. The highest BCUT2D eigenvalue weighted by Crippen LogP contribution is 2.29. The van der Waals surface area contributed by atoms with Gasteiger partial charge in [-0.2, -0.15) is 4.72 Å². The molecule has 0 saturated heterocycles. The summed E-state index contributed by atoms with van der Waals surface area (Å²) < 4.78 is 28.0. The van der Waals surface area contributed by atoms with Gasteiger partial charge in [0.05, 0.1) is 17.0 Å². The van der Waals surface area contributed by atoms with E-state index in [0.29, 0.717) is 10.9 Å². The first-order valence-electron chi connectivity index (χ1n) is 8.11. The Kier molecular flexibility index (Phi) is 5.26. The van der Waals surface area contributed by atoms with E-state index in [4.69, 9.17) is 0 Å². The average molecular weight is 382 g/mol. The van der Waals surface area contributed by atoms with Gasteiger partial charge >= 0.3 is 5.69 Å². The summed E-state index contributed by atoms with van der Waals surface area (Å²) in [6.45, 7) is -0.0643. The molecule has 0 aliphatic heterocycles. The second kappa shape index (κ2) is 7.61.